The van der Waals surface area contributed by atoms with E-state index in [1.165, 1.54) is 64.2 Å². The van der Waals surface area contributed by atoms with Crippen molar-refractivity contribution in [3.8, 4) is 0 Å². The van der Waals surface area contributed by atoms with Crippen molar-refractivity contribution in [2.45, 2.75) is 105 Å². The Morgan fingerprint density at radius 2 is 1.63 bits per heavy atom. The molecule has 0 aromatic carbocycles. The van der Waals surface area contributed by atoms with Gasteiger partial charge in [0.15, 0.2) is 0 Å². The van der Waals surface area contributed by atoms with Crippen LogP contribution in [-0.4, -0.2) is 0 Å². The van der Waals surface area contributed by atoms with Crippen LogP contribution in [0.5, 0.6) is 0 Å². The predicted octanol–water partition coefficient (Wildman–Crippen LogP) is 8.27. The van der Waals surface area contributed by atoms with E-state index in [1.54, 1.807) is 6.42 Å². The van der Waals surface area contributed by atoms with Crippen LogP contribution in [0.4, 0.5) is 0 Å². The molecule has 4 aliphatic rings. The third-order valence-corrected chi connectivity index (χ3v) is 10.4. The minimum atomic E-state index is 0.625. The monoisotopic (exact) mass is 370 g/mol. The van der Waals surface area contributed by atoms with Crippen LogP contribution >= 0.6 is 0 Å². The second-order valence-corrected chi connectivity index (χ2v) is 12.1. The van der Waals surface area contributed by atoms with Crippen molar-refractivity contribution in [3.63, 3.8) is 0 Å². The number of hydrogen-bond acceptors (Lipinski definition) is 0. The van der Waals surface area contributed by atoms with E-state index in [2.05, 4.69) is 46.8 Å². The van der Waals surface area contributed by atoms with Crippen LogP contribution < -0.4 is 0 Å². The van der Waals surface area contributed by atoms with E-state index in [0.717, 1.165) is 41.4 Å². The fourth-order valence-corrected chi connectivity index (χ4v) is 8.85. The first-order valence-corrected chi connectivity index (χ1v) is 12.5. The van der Waals surface area contributed by atoms with Gasteiger partial charge >= 0.3 is 0 Å². The largest absolute Gasteiger partial charge is 0.0882 e. The molecular formula is C27H46. The molecule has 154 valence electrons. The van der Waals surface area contributed by atoms with Gasteiger partial charge in [0.05, 0.1) is 0 Å². The summed E-state index contributed by atoms with van der Waals surface area (Å²) in [5.74, 6) is 6.83. The summed E-state index contributed by atoms with van der Waals surface area (Å²) in [6.45, 7) is 12.8. The molecule has 3 fully saturated rings. The minimum absolute atomic E-state index is 0.625. The Kier molecular flexibility index (Phi) is 5.59. The second kappa shape index (κ2) is 7.53. The average molecular weight is 371 g/mol. The summed E-state index contributed by atoms with van der Waals surface area (Å²) < 4.78 is 0. The summed E-state index contributed by atoms with van der Waals surface area (Å²) in [7, 11) is 0. The normalized spacial score (nSPS) is 47.4. The van der Waals surface area contributed by atoms with Gasteiger partial charge in [0.25, 0.3) is 0 Å². The van der Waals surface area contributed by atoms with Gasteiger partial charge in [-0.05, 0) is 104 Å². The molecule has 0 saturated heterocycles. The second-order valence-electron chi connectivity index (χ2n) is 12.1. The Morgan fingerprint density at radius 1 is 0.852 bits per heavy atom. The molecule has 3 saturated carbocycles. The number of hydrogen-bond donors (Lipinski definition) is 0. The van der Waals surface area contributed by atoms with Crippen molar-refractivity contribution in [1.29, 1.82) is 0 Å². The van der Waals surface area contributed by atoms with Gasteiger partial charge < -0.3 is 0 Å². The van der Waals surface area contributed by atoms with Gasteiger partial charge in [-0.15, -0.1) is 0 Å². The maximum Gasteiger partial charge on any atom is -0.0177 e. The van der Waals surface area contributed by atoms with Crippen molar-refractivity contribution in [1.82, 2.24) is 0 Å². The van der Waals surface area contributed by atoms with E-state index in [4.69, 9.17) is 0 Å². The SMILES string of the molecule is CC(C)CCC[C@@H](C)C1CCC2C3CCC4C=CCCC4(C)C3CCC21C. The molecule has 0 bridgehead atoms. The molecular weight excluding hydrogens is 324 g/mol. The van der Waals surface area contributed by atoms with Gasteiger partial charge in [0.1, 0.15) is 0 Å². The zero-order valence-corrected chi connectivity index (χ0v) is 19.0. The number of fused-ring (bicyclic) bond motifs is 5. The van der Waals surface area contributed by atoms with E-state index >= 15 is 0 Å². The third kappa shape index (κ3) is 3.36. The molecule has 0 heterocycles. The Balaban J connectivity index is 1.47. The summed E-state index contributed by atoms with van der Waals surface area (Å²) in [5, 5.41) is 0. The molecule has 0 aromatic heterocycles. The van der Waals surface area contributed by atoms with Crippen LogP contribution in [-0.2, 0) is 0 Å². The predicted molar refractivity (Wildman–Crippen MR) is 118 cm³/mol. The van der Waals surface area contributed by atoms with Gasteiger partial charge in [-0.25, -0.2) is 0 Å². The average Bonchev–Trinajstić information content (AvgIpc) is 2.98. The lowest BCUT2D eigenvalue weighted by Crippen LogP contribution is -2.52. The first-order chi connectivity index (χ1) is 12.9. The first-order valence-electron chi connectivity index (χ1n) is 12.5. The highest BCUT2D eigenvalue weighted by Crippen LogP contribution is 2.67. The Bertz CT molecular complexity index is 544. The Hall–Kier alpha value is -0.260. The number of allylic oxidation sites excluding steroid dienone is 2. The van der Waals surface area contributed by atoms with Crippen LogP contribution in [0.1, 0.15) is 105 Å². The van der Waals surface area contributed by atoms with Crippen molar-refractivity contribution in [2.24, 2.45) is 52.3 Å². The van der Waals surface area contributed by atoms with Crippen LogP contribution in [0.25, 0.3) is 0 Å². The summed E-state index contributed by atoms with van der Waals surface area (Å²) >= 11 is 0. The van der Waals surface area contributed by atoms with Gasteiger partial charge in [0.2, 0.25) is 0 Å². The van der Waals surface area contributed by atoms with Crippen molar-refractivity contribution < 1.29 is 0 Å². The van der Waals surface area contributed by atoms with Crippen LogP contribution in [0.3, 0.4) is 0 Å². The standard InChI is InChI=1S/C27H46/c1-19(2)9-8-10-20(3)23-14-15-24-22-13-12-21-11-6-7-17-26(21,4)25(22)16-18-27(23,24)5/h6,11,19-25H,7-10,12-18H2,1-5H3/t20-,21?,22?,23?,24?,25?,26?,27?/m1/s1. The molecule has 0 aliphatic heterocycles. The van der Waals surface area contributed by atoms with E-state index in [1.807, 2.05) is 0 Å². The molecule has 8 atom stereocenters. The van der Waals surface area contributed by atoms with E-state index < -0.39 is 0 Å². The Labute approximate surface area is 170 Å². The van der Waals surface area contributed by atoms with Gasteiger partial charge in [0, 0.05) is 0 Å². The topological polar surface area (TPSA) is 0 Å². The molecule has 0 heteroatoms. The van der Waals surface area contributed by atoms with Crippen LogP contribution in [0, 0.1) is 52.3 Å². The van der Waals surface area contributed by atoms with Crippen molar-refractivity contribution in [3.05, 3.63) is 12.2 Å². The van der Waals surface area contributed by atoms with Gasteiger partial charge in [-0.1, -0.05) is 66.0 Å². The molecule has 0 N–H and O–H groups in total. The van der Waals surface area contributed by atoms with Crippen molar-refractivity contribution in [2.75, 3.05) is 0 Å². The molecule has 7 unspecified atom stereocenters. The lowest BCUT2D eigenvalue weighted by Gasteiger charge is -2.60. The van der Waals surface area contributed by atoms with E-state index in [9.17, 15) is 0 Å². The van der Waals surface area contributed by atoms with Crippen LogP contribution in [0.2, 0.25) is 0 Å². The van der Waals surface area contributed by atoms with Gasteiger partial charge in [-0.3, -0.25) is 0 Å². The highest BCUT2D eigenvalue weighted by atomic mass is 14.6. The van der Waals surface area contributed by atoms with Crippen molar-refractivity contribution >= 4 is 0 Å². The zero-order chi connectivity index (χ0) is 19.2. The smallest absolute Gasteiger partial charge is 0.0177 e. The first kappa shape index (κ1) is 20.0. The molecule has 0 amide bonds. The fraction of sp³-hybridized carbons (Fsp3) is 0.926. The summed E-state index contributed by atoms with van der Waals surface area (Å²) in [6, 6.07) is 0. The molecule has 4 rings (SSSR count). The lowest BCUT2D eigenvalue weighted by molar-refractivity contribution is -0.0955. The quantitative estimate of drug-likeness (QED) is 0.427. The third-order valence-electron chi connectivity index (χ3n) is 10.4. The summed E-state index contributed by atoms with van der Waals surface area (Å²) in [4.78, 5) is 0. The molecule has 0 nitrogen and oxygen atoms in total. The van der Waals surface area contributed by atoms with Gasteiger partial charge in [-0.2, -0.15) is 0 Å². The molecule has 0 aromatic rings. The highest BCUT2D eigenvalue weighted by molar-refractivity contribution is 5.13. The summed E-state index contributed by atoms with van der Waals surface area (Å²) in [6.07, 6.45) is 21.4. The molecule has 0 spiro atoms. The molecule has 4 aliphatic carbocycles. The summed E-state index contributed by atoms with van der Waals surface area (Å²) in [5.41, 5.74) is 1.28. The number of rotatable bonds is 5. The maximum atomic E-state index is 2.74. The molecule has 0 radical (unpaired) electrons. The van der Waals surface area contributed by atoms with E-state index in [0.29, 0.717) is 10.8 Å². The lowest BCUT2D eigenvalue weighted by atomic mass is 9.45. The highest BCUT2D eigenvalue weighted by Gasteiger charge is 2.59. The minimum Gasteiger partial charge on any atom is -0.0882 e. The van der Waals surface area contributed by atoms with Crippen LogP contribution in [0.15, 0.2) is 12.2 Å². The van der Waals surface area contributed by atoms with E-state index in [-0.39, 0.29) is 0 Å². The fourth-order valence-electron chi connectivity index (χ4n) is 8.85. The zero-order valence-electron chi connectivity index (χ0n) is 19.0. The Morgan fingerprint density at radius 3 is 2.41 bits per heavy atom. The maximum absolute atomic E-state index is 2.74. The molecule has 27 heavy (non-hydrogen) atoms.